The van der Waals surface area contributed by atoms with Crippen molar-refractivity contribution < 1.29 is 9.53 Å². The third kappa shape index (κ3) is 2.87. The fourth-order valence-electron chi connectivity index (χ4n) is 8.75. The molecule has 3 nitrogen and oxygen atoms in total. The van der Waals surface area contributed by atoms with Crippen molar-refractivity contribution in [2.24, 2.45) is 29.1 Å². The van der Waals surface area contributed by atoms with E-state index in [1.54, 1.807) is 11.1 Å². The quantitative estimate of drug-likeness (QED) is 0.548. The van der Waals surface area contributed by atoms with Crippen molar-refractivity contribution in [2.45, 2.75) is 103 Å². The van der Waals surface area contributed by atoms with Gasteiger partial charge in [-0.25, -0.2) is 0 Å². The molecule has 1 N–H and O–H groups in total. The summed E-state index contributed by atoms with van der Waals surface area (Å²) in [5, 5.41) is 3.80. The molecule has 0 aromatic heterocycles. The number of carbonyl (C=O) groups excluding carboxylic acids is 1. The number of hydrogen-bond donors (Lipinski definition) is 1. The van der Waals surface area contributed by atoms with Crippen LogP contribution in [0.2, 0.25) is 0 Å². The SMILES string of the molecule is CC1=C2CC3C(CCC4=CC(=O)CCC43C)C2CCC2(C1)CC1NCC(C)CC1O2. The monoisotopic (exact) mass is 409 g/mol. The van der Waals surface area contributed by atoms with Crippen LogP contribution in [0.4, 0.5) is 0 Å². The summed E-state index contributed by atoms with van der Waals surface area (Å²) < 4.78 is 6.89. The van der Waals surface area contributed by atoms with Crippen LogP contribution in [0.5, 0.6) is 0 Å². The molecule has 164 valence electrons. The van der Waals surface area contributed by atoms with E-state index in [1.165, 1.54) is 44.1 Å². The Hall–Kier alpha value is -0.930. The summed E-state index contributed by atoms with van der Waals surface area (Å²) in [6.07, 6.45) is 14.2. The van der Waals surface area contributed by atoms with E-state index in [9.17, 15) is 4.79 Å². The van der Waals surface area contributed by atoms with Gasteiger partial charge in [-0.05, 0) is 106 Å². The molecule has 0 aromatic carbocycles. The summed E-state index contributed by atoms with van der Waals surface area (Å²) in [5.41, 5.74) is 5.28. The van der Waals surface area contributed by atoms with E-state index in [0.29, 0.717) is 17.9 Å². The molecule has 2 heterocycles. The van der Waals surface area contributed by atoms with E-state index in [4.69, 9.17) is 4.74 Å². The Morgan fingerprint density at radius 1 is 1.20 bits per heavy atom. The van der Waals surface area contributed by atoms with E-state index in [1.807, 2.05) is 6.08 Å². The molecule has 2 aliphatic heterocycles. The van der Waals surface area contributed by atoms with Gasteiger partial charge in [0.05, 0.1) is 11.7 Å². The Balaban J connectivity index is 1.28. The van der Waals surface area contributed by atoms with Gasteiger partial charge < -0.3 is 10.1 Å². The molecule has 1 spiro atoms. The molecule has 0 bridgehead atoms. The smallest absolute Gasteiger partial charge is 0.155 e. The molecule has 4 fully saturated rings. The van der Waals surface area contributed by atoms with E-state index in [-0.39, 0.29) is 11.0 Å². The van der Waals surface area contributed by atoms with Crippen LogP contribution in [0.1, 0.15) is 85.0 Å². The number of allylic oxidation sites excluding steroid dienone is 3. The minimum Gasteiger partial charge on any atom is -0.370 e. The molecule has 8 unspecified atom stereocenters. The van der Waals surface area contributed by atoms with Crippen molar-refractivity contribution in [3.05, 3.63) is 22.8 Å². The Bertz CT molecular complexity index is 827. The second-order valence-corrected chi connectivity index (χ2v) is 12.1. The lowest BCUT2D eigenvalue weighted by Gasteiger charge is -2.48. The molecule has 2 saturated carbocycles. The Morgan fingerprint density at radius 2 is 2.07 bits per heavy atom. The fourth-order valence-corrected chi connectivity index (χ4v) is 8.75. The minimum absolute atomic E-state index is 0.0875. The maximum absolute atomic E-state index is 12.1. The molecule has 6 aliphatic rings. The number of fused-ring (bicyclic) bond motifs is 6. The molecule has 2 saturated heterocycles. The van der Waals surface area contributed by atoms with E-state index in [0.717, 1.165) is 55.9 Å². The van der Waals surface area contributed by atoms with Crippen molar-refractivity contribution >= 4 is 5.78 Å². The lowest BCUT2D eigenvalue weighted by atomic mass is 9.56. The van der Waals surface area contributed by atoms with E-state index < -0.39 is 0 Å². The number of carbonyl (C=O) groups is 1. The zero-order valence-corrected chi connectivity index (χ0v) is 19.1. The summed E-state index contributed by atoms with van der Waals surface area (Å²) in [7, 11) is 0. The molecule has 4 aliphatic carbocycles. The largest absolute Gasteiger partial charge is 0.370 e. The van der Waals surface area contributed by atoms with Crippen molar-refractivity contribution in [1.82, 2.24) is 5.32 Å². The van der Waals surface area contributed by atoms with Crippen LogP contribution in [0.25, 0.3) is 0 Å². The second kappa shape index (κ2) is 6.78. The van der Waals surface area contributed by atoms with Crippen LogP contribution in [0.15, 0.2) is 22.8 Å². The number of piperidine rings is 1. The number of ketones is 1. The molecule has 0 amide bonds. The number of rotatable bonds is 0. The van der Waals surface area contributed by atoms with Crippen LogP contribution in [-0.4, -0.2) is 30.1 Å². The van der Waals surface area contributed by atoms with Gasteiger partial charge in [-0.15, -0.1) is 0 Å². The Labute approximate surface area is 182 Å². The van der Waals surface area contributed by atoms with E-state index in [2.05, 4.69) is 26.1 Å². The summed E-state index contributed by atoms with van der Waals surface area (Å²) in [6, 6.07) is 0.575. The van der Waals surface area contributed by atoms with Gasteiger partial charge in [-0.2, -0.15) is 0 Å². The highest BCUT2D eigenvalue weighted by Crippen LogP contribution is 2.63. The number of ether oxygens (including phenoxy) is 1. The number of hydrogen-bond acceptors (Lipinski definition) is 3. The Kier molecular flexibility index (Phi) is 4.46. The lowest BCUT2D eigenvalue weighted by Crippen LogP contribution is -2.45. The average molecular weight is 410 g/mol. The molecule has 0 aromatic rings. The van der Waals surface area contributed by atoms with Gasteiger partial charge in [-0.1, -0.05) is 30.6 Å². The van der Waals surface area contributed by atoms with Crippen LogP contribution in [-0.2, 0) is 9.53 Å². The molecular weight excluding hydrogens is 370 g/mol. The first-order valence-electron chi connectivity index (χ1n) is 12.7. The maximum atomic E-state index is 12.1. The fraction of sp³-hybridized carbons (Fsp3) is 0.815. The summed E-state index contributed by atoms with van der Waals surface area (Å²) in [5.74, 6) is 3.45. The van der Waals surface area contributed by atoms with Gasteiger partial charge in [0.2, 0.25) is 0 Å². The zero-order chi connectivity index (χ0) is 20.7. The van der Waals surface area contributed by atoms with Crippen molar-refractivity contribution in [1.29, 1.82) is 0 Å². The average Bonchev–Trinajstić information content (AvgIpc) is 3.22. The summed E-state index contributed by atoms with van der Waals surface area (Å²) in [6.45, 7) is 8.43. The first kappa shape index (κ1) is 19.7. The third-order valence-electron chi connectivity index (χ3n) is 10.3. The van der Waals surface area contributed by atoms with Crippen molar-refractivity contribution in [3.63, 3.8) is 0 Å². The predicted octanol–water partition coefficient (Wildman–Crippen LogP) is 5.35. The van der Waals surface area contributed by atoms with Crippen molar-refractivity contribution in [2.75, 3.05) is 6.54 Å². The van der Waals surface area contributed by atoms with Crippen LogP contribution < -0.4 is 5.32 Å². The van der Waals surface area contributed by atoms with Gasteiger partial charge in [-0.3, -0.25) is 4.79 Å². The maximum Gasteiger partial charge on any atom is 0.155 e. The van der Waals surface area contributed by atoms with Crippen LogP contribution in [0, 0.1) is 29.1 Å². The highest BCUT2D eigenvalue weighted by Gasteiger charge is 2.56. The topological polar surface area (TPSA) is 38.3 Å². The minimum atomic E-state index is 0.0875. The van der Waals surface area contributed by atoms with Gasteiger partial charge >= 0.3 is 0 Å². The molecule has 3 heteroatoms. The highest BCUT2D eigenvalue weighted by atomic mass is 16.5. The molecule has 8 atom stereocenters. The van der Waals surface area contributed by atoms with Gasteiger partial charge in [0.15, 0.2) is 5.78 Å². The molecular formula is C27H39NO2. The first-order valence-corrected chi connectivity index (χ1v) is 12.7. The van der Waals surface area contributed by atoms with Crippen LogP contribution >= 0.6 is 0 Å². The molecule has 6 rings (SSSR count). The molecule has 30 heavy (non-hydrogen) atoms. The summed E-state index contributed by atoms with van der Waals surface area (Å²) in [4.78, 5) is 12.1. The Morgan fingerprint density at radius 3 is 2.93 bits per heavy atom. The highest BCUT2D eigenvalue weighted by molar-refractivity contribution is 5.91. The summed E-state index contributed by atoms with van der Waals surface area (Å²) >= 11 is 0. The van der Waals surface area contributed by atoms with E-state index >= 15 is 0 Å². The normalized spacial score (nSPS) is 50.5. The predicted molar refractivity (Wildman–Crippen MR) is 119 cm³/mol. The standard InChI is InChI=1S/C27H39NO2/c1-16-10-25-24(28-15-16)14-27(30-25)9-7-20-21-5-4-18-11-19(29)6-8-26(18,3)23(21)12-22(20)17(2)13-27/h11,16,20-21,23-25,28H,4-10,12-15H2,1-3H3. The van der Waals surface area contributed by atoms with Gasteiger partial charge in [0.25, 0.3) is 0 Å². The van der Waals surface area contributed by atoms with Crippen molar-refractivity contribution in [3.8, 4) is 0 Å². The number of nitrogens with one attached hydrogen (secondary N) is 1. The zero-order valence-electron chi connectivity index (χ0n) is 19.1. The second-order valence-electron chi connectivity index (χ2n) is 12.1. The van der Waals surface area contributed by atoms with Crippen LogP contribution in [0.3, 0.4) is 0 Å². The third-order valence-corrected chi connectivity index (χ3v) is 10.3. The molecule has 0 radical (unpaired) electrons. The van der Waals surface area contributed by atoms with Gasteiger partial charge in [0, 0.05) is 12.5 Å². The first-order chi connectivity index (χ1) is 14.4. The van der Waals surface area contributed by atoms with Gasteiger partial charge in [0.1, 0.15) is 0 Å². The lowest BCUT2D eigenvalue weighted by molar-refractivity contribution is -0.116.